The first-order chi connectivity index (χ1) is 9.10. The highest BCUT2D eigenvalue weighted by Crippen LogP contribution is 2.45. The Labute approximate surface area is 112 Å². The maximum Gasteiger partial charge on any atom is 0.242 e. The lowest BCUT2D eigenvalue weighted by atomic mass is 10.1. The van der Waals surface area contributed by atoms with Crippen molar-refractivity contribution < 1.29 is 8.42 Å². The molecule has 0 radical (unpaired) electrons. The summed E-state index contributed by atoms with van der Waals surface area (Å²) in [5.41, 5.74) is 0.222. The number of nitrogens with zero attached hydrogens (tertiary/aromatic N) is 2. The van der Waals surface area contributed by atoms with Crippen LogP contribution in [0.3, 0.4) is 0 Å². The summed E-state index contributed by atoms with van der Waals surface area (Å²) in [5.74, 6) is 1.02. The summed E-state index contributed by atoms with van der Waals surface area (Å²) in [6.07, 6.45) is 5.73. The van der Waals surface area contributed by atoms with E-state index in [0.717, 1.165) is 25.7 Å². The van der Waals surface area contributed by atoms with Gasteiger partial charge in [0.2, 0.25) is 10.0 Å². The fourth-order valence-electron chi connectivity index (χ4n) is 2.34. The molecule has 5 nitrogen and oxygen atoms in total. The SMILES string of the molecule is N#Cc1ccc(S(=O)(=O)NC(C2CC2)C2CC2)cn1. The Morgan fingerprint density at radius 2 is 1.89 bits per heavy atom. The van der Waals surface area contributed by atoms with Crippen LogP contribution in [0.5, 0.6) is 0 Å². The van der Waals surface area contributed by atoms with E-state index in [9.17, 15) is 8.42 Å². The van der Waals surface area contributed by atoms with Crippen LogP contribution in [0, 0.1) is 23.2 Å². The fourth-order valence-corrected chi connectivity index (χ4v) is 3.66. The van der Waals surface area contributed by atoms with E-state index in [2.05, 4.69) is 9.71 Å². The van der Waals surface area contributed by atoms with Crippen molar-refractivity contribution in [1.29, 1.82) is 5.26 Å². The van der Waals surface area contributed by atoms with Gasteiger partial charge in [-0.3, -0.25) is 0 Å². The third kappa shape index (κ3) is 2.77. The van der Waals surface area contributed by atoms with Crippen molar-refractivity contribution in [1.82, 2.24) is 9.71 Å². The summed E-state index contributed by atoms with van der Waals surface area (Å²) in [6, 6.07) is 4.82. The van der Waals surface area contributed by atoms with Crippen LogP contribution in [-0.2, 0) is 10.0 Å². The zero-order chi connectivity index (χ0) is 13.5. The standard InChI is InChI=1S/C13H15N3O2S/c14-7-11-5-6-12(8-15-11)19(17,18)16-13(9-1-2-9)10-3-4-10/h5-6,8-10,13,16H,1-4H2. The van der Waals surface area contributed by atoms with E-state index in [1.807, 2.05) is 6.07 Å². The Kier molecular flexibility index (Phi) is 3.03. The molecule has 0 bridgehead atoms. The quantitative estimate of drug-likeness (QED) is 0.882. The summed E-state index contributed by atoms with van der Waals surface area (Å²) in [7, 11) is -3.52. The van der Waals surface area contributed by atoms with Gasteiger partial charge >= 0.3 is 0 Å². The van der Waals surface area contributed by atoms with Crippen LogP contribution < -0.4 is 4.72 Å². The highest BCUT2D eigenvalue weighted by atomic mass is 32.2. The molecule has 19 heavy (non-hydrogen) atoms. The van der Waals surface area contributed by atoms with Crippen molar-refractivity contribution in [2.24, 2.45) is 11.8 Å². The fraction of sp³-hybridized carbons (Fsp3) is 0.538. The predicted octanol–water partition coefficient (Wildman–Crippen LogP) is 1.42. The van der Waals surface area contributed by atoms with Gasteiger partial charge in [0.15, 0.2) is 0 Å². The molecule has 1 heterocycles. The Balaban J connectivity index is 1.79. The van der Waals surface area contributed by atoms with Gasteiger partial charge in [0.25, 0.3) is 0 Å². The Morgan fingerprint density at radius 3 is 2.32 bits per heavy atom. The van der Waals surface area contributed by atoms with E-state index in [1.54, 1.807) is 0 Å². The number of nitriles is 1. The van der Waals surface area contributed by atoms with Gasteiger partial charge in [0.1, 0.15) is 16.7 Å². The van der Waals surface area contributed by atoms with Gasteiger partial charge in [0.05, 0.1) is 0 Å². The van der Waals surface area contributed by atoms with Gasteiger partial charge in [-0.25, -0.2) is 18.1 Å². The third-order valence-electron chi connectivity index (χ3n) is 3.71. The average Bonchev–Trinajstić information content (AvgIpc) is 3.29. The molecule has 0 aliphatic heterocycles. The molecular weight excluding hydrogens is 262 g/mol. The van der Waals surface area contributed by atoms with Crippen LogP contribution in [0.1, 0.15) is 31.4 Å². The minimum atomic E-state index is -3.52. The second kappa shape index (κ2) is 4.58. The van der Waals surface area contributed by atoms with Crippen molar-refractivity contribution >= 4 is 10.0 Å². The summed E-state index contributed by atoms with van der Waals surface area (Å²) >= 11 is 0. The minimum Gasteiger partial charge on any atom is -0.244 e. The molecule has 0 unspecified atom stereocenters. The first kappa shape index (κ1) is 12.6. The number of hydrogen-bond acceptors (Lipinski definition) is 4. The molecule has 0 atom stereocenters. The smallest absolute Gasteiger partial charge is 0.242 e. The highest BCUT2D eigenvalue weighted by Gasteiger charge is 2.43. The molecule has 1 N–H and O–H groups in total. The topological polar surface area (TPSA) is 82.8 Å². The summed E-state index contributed by atoms with van der Waals surface area (Å²) < 4.78 is 27.4. The minimum absolute atomic E-state index is 0.0839. The highest BCUT2D eigenvalue weighted by molar-refractivity contribution is 7.89. The van der Waals surface area contributed by atoms with E-state index in [0.29, 0.717) is 11.8 Å². The van der Waals surface area contributed by atoms with Crippen molar-refractivity contribution in [3.8, 4) is 6.07 Å². The van der Waals surface area contributed by atoms with Crippen molar-refractivity contribution in [3.05, 3.63) is 24.0 Å². The summed E-state index contributed by atoms with van der Waals surface area (Å²) in [4.78, 5) is 3.95. The van der Waals surface area contributed by atoms with Crippen molar-refractivity contribution in [3.63, 3.8) is 0 Å². The lowest BCUT2D eigenvalue weighted by molar-refractivity contribution is 0.471. The third-order valence-corrected chi connectivity index (χ3v) is 5.16. The second-order valence-electron chi connectivity index (χ2n) is 5.31. The number of nitrogens with one attached hydrogen (secondary N) is 1. The normalized spacial score (nSPS) is 19.4. The van der Waals surface area contributed by atoms with Crippen LogP contribution in [0.15, 0.2) is 23.2 Å². The Bertz CT molecular complexity index is 598. The van der Waals surface area contributed by atoms with Crippen LogP contribution >= 0.6 is 0 Å². The van der Waals surface area contributed by atoms with E-state index < -0.39 is 10.0 Å². The molecular formula is C13H15N3O2S. The number of aromatic nitrogens is 1. The van der Waals surface area contributed by atoms with Gasteiger partial charge < -0.3 is 0 Å². The maximum atomic E-state index is 12.3. The molecule has 1 aromatic heterocycles. The number of hydrogen-bond donors (Lipinski definition) is 1. The first-order valence-corrected chi connectivity index (χ1v) is 7.97. The van der Waals surface area contributed by atoms with E-state index in [-0.39, 0.29) is 16.6 Å². The molecule has 0 aromatic carbocycles. The van der Waals surface area contributed by atoms with Gasteiger partial charge in [-0.05, 0) is 49.7 Å². The van der Waals surface area contributed by atoms with E-state index in [1.165, 1.54) is 18.3 Å². The lowest BCUT2D eigenvalue weighted by Gasteiger charge is -2.17. The number of rotatable bonds is 5. The van der Waals surface area contributed by atoms with Gasteiger partial charge in [0, 0.05) is 12.2 Å². The molecule has 2 saturated carbocycles. The summed E-state index contributed by atoms with van der Waals surface area (Å²) in [5, 5.41) is 8.66. The molecule has 2 fully saturated rings. The van der Waals surface area contributed by atoms with E-state index in [4.69, 9.17) is 5.26 Å². The Morgan fingerprint density at radius 1 is 1.26 bits per heavy atom. The lowest BCUT2D eigenvalue weighted by Crippen LogP contribution is -2.38. The van der Waals surface area contributed by atoms with Crippen LogP contribution in [0.4, 0.5) is 0 Å². The van der Waals surface area contributed by atoms with Gasteiger partial charge in [-0.1, -0.05) is 0 Å². The molecule has 3 rings (SSSR count). The molecule has 2 aliphatic carbocycles. The molecule has 0 saturated heterocycles. The molecule has 1 aromatic rings. The zero-order valence-electron chi connectivity index (χ0n) is 10.4. The molecule has 0 spiro atoms. The molecule has 100 valence electrons. The van der Waals surface area contributed by atoms with Gasteiger partial charge in [-0.2, -0.15) is 5.26 Å². The summed E-state index contributed by atoms with van der Waals surface area (Å²) in [6.45, 7) is 0. The van der Waals surface area contributed by atoms with Crippen molar-refractivity contribution in [2.75, 3.05) is 0 Å². The van der Waals surface area contributed by atoms with Crippen LogP contribution in [0.2, 0.25) is 0 Å². The molecule has 0 amide bonds. The maximum absolute atomic E-state index is 12.3. The first-order valence-electron chi connectivity index (χ1n) is 6.48. The largest absolute Gasteiger partial charge is 0.244 e. The monoisotopic (exact) mass is 277 g/mol. The van der Waals surface area contributed by atoms with Gasteiger partial charge in [-0.15, -0.1) is 0 Å². The Hall–Kier alpha value is -1.45. The zero-order valence-corrected chi connectivity index (χ0v) is 11.2. The molecule has 6 heteroatoms. The molecule has 2 aliphatic rings. The number of pyridine rings is 1. The van der Waals surface area contributed by atoms with Crippen LogP contribution in [0.25, 0.3) is 0 Å². The average molecular weight is 277 g/mol. The van der Waals surface area contributed by atoms with Crippen molar-refractivity contribution in [2.45, 2.75) is 36.6 Å². The van der Waals surface area contributed by atoms with E-state index >= 15 is 0 Å². The predicted molar refractivity (Wildman–Crippen MR) is 68.5 cm³/mol. The second-order valence-corrected chi connectivity index (χ2v) is 7.03. The number of sulfonamides is 1. The van der Waals surface area contributed by atoms with Crippen LogP contribution in [-0.4, -0.2) is 19.4 Å².